The van der Waals surface area contributed by atoms with Crippen LogP contribution in [0.3, 0.4) is 0 Å². The summed E-state index contributed by atoms with van der Waals surface area (Å²) in [7, 11) is 5.13. The highest BCUT2D eigenvalue weighted by Crippen LogP contribution is 2.09. The first-order chi connectivity index (χ1) is 8.97. The number of aromatic nitrogens is 2. The molecule has 0 radical (unpaired) electrons. The molecule has 0 atom stereocenters. The lowest BCUT2D eigenvalue weighted by Crippen LogP contribution is -2.33. The van der Waals surface area contributed by atoms with Crippen molar-refractivity contribution in [1.82, 2.24) is 20.0 Å². The van der Waals surface area contributed by atoms with Gasteiger partial charge in [-0.3, -0.25) is 9.48 Å². The van der Waals surface area contributed by atoms with Crippen LogP contribution in [-0.4, -0.2) is 53.8 Å². The van der Waals surface area contributed by atoms with Crippen LogP contribution in [-0.2, 0) is 23.1 Å². The molecule has 0 aromatic carbocycles. The molecule has 0 saturated carbocycles. The first-order valence-electron chi connectivity index (χ1n) is 6.06. The zero-order valence-electron chi connectivity index (χ0n) is 11.8. The minimum Gasteiger partial charge on any atom is -0.462 e. The van der Waals surface area contributed by atoms with Crippen LogP contribution in [0.2, 0.25) is 0 Å². The quantitative estimate of drug-likeness (QED) is 0.722. The third-order valence-electron chi connectivity index (χ3n) is 2.62. The third-order valence-corrected chi connectivity index (χ3v) is 2.62. The van der Waals surface area contributed by atoms with Crippen LogP contribution in [0.5, 0.6) is 0 Å². The number of nitrogens with one attached hydrogen (secondary N) is 1. The Bertz CT molecular complexity index is 454. The van der Waals surface area contributed by atoms with E-state index < -0.39 is 5.97 Å². The lowest BCUT2D eigenvalue weighted by Gasteiger charge is -2.11. The van der Waals surface area contributed by atoms with E-state index in [1.807, 2.05) is 0 Å². The van der Waals surface area contributed by atoms with E-state index in [4.69, 9.17) is 4.74 Å². The Kier molecular flexibility index (Phi) is 5.50. The van der Waals surface area contributed by atoms with E-state index in [1.165, 1.54) is 11.1 Å². The molecule has 1 aromatic rings. The van der Waals surface area contributed by atoms with Gasteiger partial charge in [-0.1, -0.05) is 0 Å². The Hall–Kier alpha value is -1.89. The summed E-state index contributed by atoms with van der Waals surface area (Å²) in [5.41, 5.74) is 1.12. The van der Waals surface area contributed by atoms with E-state index in [1.54, 1.807) is 32.7 Å². The van der Waals surface area contributed by atoms with Gasteiger partial charge < -0.3 is 15.0 Å². The van der Waals surface area contributed by atoms with Crippen LogP contribution in [0, 0.1) is 0 Å². The fourth-order valence-corrected chi connectivity index (χ4v) is 1.50. The van der Waals surface area contributed by atoms with Crippen LogP contribution in [0.4, 0.5) is 0 Å². The predicted octanol–water partition coefficient (Wildman–Crippen LogP) is -0.225. The Morgan fingerprint density at radius 2 is 2.16 bits per heavy atom. The van der Waals surface area contributed by atoms with Gasteiger partial charge in [0, 0.05) is 27.7 Å². The Morgan fingerprint density at radius 1 is 1.47 bits per heavy atom. The first-order valence-corrected chi connectivity index (χ1v) is 6.06. The van der Waals surface area contributed by atoms with E-state index in [0.717, 1.165) is 0 Å². The number of hydrogen-bond acceptors (Lipinski definition) is 5. The number of carbonyl (C=O) groups excluding carboxylic acids is 2. The van der Waals surface area contributed by atoms with Crippen molar-refractivity contribution in [1.29, 1.82) is 0 Å². The van der Waals surface area contributed by atoms with E-state index in [0.29, 0.717) is 24.4 Å². The van der Waals surface area contributed by atoms with Crippen molar-refractivity contribution in [3.8, 4) is 0 Å². The molecule has 0 bridgehead atoms. The summed E-state index contributed by atoms with van der Waals surface area (Å²) in [5, 5.41) is 7.02. The molecular formula is C12H20N4O3. The lowest BCUT2D eigenvalue weighted by atomic mass is 10.2. The summed E-state index contributed by atoms with van der Waals surface area (Å²) in [4.78, 5) is 24.6. The molecule has 19 heavy (non-hydrogen) atoms. The second kappa shape index (κ2) is 6.89. The number of amides is 1. The van der Waals surface area contributed by atoms with Gasteiger partial charge in [-0.05, 0) is 6.92 Å². The molecule has 0 saturated heterocycles. The van der Waals surface area contributed by atoms with Gasteiger partial charge in [-0.15, -0.1) is 0 Å². The van der Waals surface area contributed by atoms with Gasteiger partial charge in [0.15, 0.2) is 0 Å². The standard InChI is InChI=1S/C12H20N4O3/c1-5-19-12(18)9-6-14-16(4)10(9)7-13-8-11(17)15(2)3/h6,13H,5,7-8H2,1-4H3. The van der Waals surface area contributed by atoms with Crippen molar-refractivity contribution in [2.45, 2.75) is 13.5 Å². The second-order valence-electron chi connectivity index (χ2n) is 4.24. The summed E-state index contributed by atoms with van der Waals surface area (Å²) < 4.78 is 6.55. The maximum atomic E-state index is 11.7. The molecule has 0 aliphatic heterocycles. The van der Waals surface area contributed by atoms with Crippen molar-refractivity contribution < 1.29 is 14.3 Å². The largest absolute Gasteiger partial charge is 0.462 e. The average Bonchev–Trinajstić information content (AvgIpc) is 2.71. The zero-order valence-corrected chi connectivity index (χ0v) is 11.8. The number of nitrogens with zero attached hydrogens (tertiary/aromatic N) is 3. The van der Waals surface area contributed by atoms with E-state index in [2.05, 4.69) is 10.4 Å². The van der Waals surface area contributed by atoms with E-state index >= 15 is 0 Å². The second-order valence-corrected chi connectivity index (χ2v) is 4.24. The number of rotatable bonds is 6. The van der Waals surface area contributed by atoms with Crippen LogP contribution < -0.4 is 5.32 Å². The van der Waals surface area contributed by atoms with Crippen LogP contribution >= 0.6 is 0 Å². The molecule has 0 aliphatic carbocycles. The maximum absolute atomic E-state index is 11.7. The van der Waals surface area contributed by atoms with Gasteiger partial charge in [-0.2, -0.15) is 5.10 Å². The molecule has 0 spiro atoms. The molecule has 7 heteroatoms. The molecule has 0 unspecified atom stereocenters. The van der Waals surface area contributed by atoms with Gasteiger partial charge in [-0.25, -0.2) is 4.79 Å². The molecule has 0 fully saturated rings. The highest BCUT2D eigenvalue weighted by atomic mass is 16.5. The normalized spacial score (nSPS) is 10.3. The van der Waals surface area contributed by atoms with E-state index in [9.17, 15) is 9.59 Å². The number of esters is 1. The number of hydrogen-bond donors (Lipinski definition) is 1. The molecule has 1 heterocycles. The summed E-state index contributed by atoms with van der Waals surface area (Å²) in [6, 6.07) is 0. The molecule has 7 nitrogen and oxygen atoms in total. The van der Waals surface area contributed by atoms with Crippen molar-refractivity contribution in [3.63, 3.8) is 0 Å². The zero-order chi connectivity index (χ0) is 14.4. The molecular weight excluding hydrogens is 248 g/mol. The maximum Gasteiger partial charge on any atom is 0.341 e. The van der Waals surface area contributed by atoms with Crippen molar-refractivity contribution >= 4 is 11.9 Å². The summed E-state index contributed by atoms with van der Waals surface area (Å²) in [6.45, 7) is 2.66. The van der Waals surface area contributed by atoms with E-state index in [-0.39, 0.29) is 12.5 Å². The molecule has 1 aromatic heterocycles. The molecule has 0 aliphatic rings. The summed E-state index contributed by atoms with van der Waals surface area (Å²) >= 11 is 0. The summed E-state index contributed by atoms with van der Waals surface area (Å²) in [6.07, 6.45) is 1.47. The fourth-order valence-electron chi connectivity index (χ4n) is 1.50. The van der Waals surface area contributed by atoms with Crippen LogP contribution in [0.15, 0.2) is 6.20 Å². The monoisotopic (exact) mass is 268 g/mol. The summed E-state index contributed by atoms with van der Waals surface area (Å²) in [5.74, 6) is -0.425. The SMILES string of the molecule is CCOC(=O)c1cnn(C)c1CNCC(=O)N(C)C. The van der Waals surface area contributed by atoms with Gasteiger partial charge in [0.25, 0.3) is 0 Å². The fraction of sp³-hybridized carbons (Fsp3) is 0.583. The van der Waals surface area contributed by atoms with Gasteiger partial charge in [0.2, 0.25) is 5.91 Å². The molecule has 1 rings (SSSR count). The number of aryl methyl sites for hydroxylation is 1. The Balaban J connectivity index is 2.65. The minimum atomic E-state index is -0.397. The first kappa shape index (κ1) is 15.2. The molecule has 106 valence electrons. The van der Waals surface area contributed by atoms with Crippen LogP contribution in [0.25, 0.3) is 0 Å². The average molecular weight is 268 g/mol. The van der Waals surface area contributed by atoms with Crippen molar-refractivity contribution in [3.05, 3.63) is 17.5 Å². The highest BCUT2D eigenvalue weighted by molar-refractivity contribution is 5.90. The Morgan fingerprint density at radius 3 is 2.74 bits per heavy atom. The number of ether oxygens (including phenoxy) is 1. The van der Waals surface area contributed by atoms with Crippen molar-refractivity contribution in [2.75, 3.05) is 27.2 Å². The molecule has 1 amide bonds. The van der Waals surface area contributed by atoms with Gasteiger partial charge in [0.1, 0.15) is 5.56 Å². The smallest absolute Gasteiger partial charge is 0.341 e. The third kappa shape index (κ3) is 4.06. The highest BCUT2D eigenvalue weighted by Gasteiger charge is 2.17. The number of likely N-dealkylation sites (N-methyl/N-ethyl adjacent to an activating group) is 1. The van der Waals surface area contributed by atoms with Gasteiger partial charge >= 0.3 is 5.97 Å². The Labute approximate surface area is 112 Å². The van der Waals surface area contributed by atoms with Gasteiger partial charge in [0.05, 0.1) is 25.0 Å². The minimum absolute atomic E-state index is 0.0279. The predicted molar refractivity (Wildman–Crippen MR) is 69.6 cm³/mol. The van der Waals surface area contributed by atoms with Crippen molar-refractivity contribution in [2.24, 2.45) is 7.05 Å². The lowest BCUT2D eigenvalue weighted by molar-refractivity contribution is -0.127. The van der Waals surface area contributed by atoms with Crippen LogP contribution in [0.1, 0.15) is 23.0 Å². The topological polar surface area (TPSA) is 76.5 Å². The number of carbonyl (C=O) groups is 2. The molecule has 1 N–H and O–H groups in total.